The third-order valence-corrected chi connectivity index (χ3v) is 1.92. The molecule has 0 spiro atoms. The minimum Gasteiger partial charge on any atom is -0.299 e. The van der Waals surface area contributed by atoms with Gasteiger partial charge in [0.25, 0.3) is 0 Å². The summed E-state index contributed by atoms with van der Waals surface area (Å²) in [6.45, 7) is 3.54. The van der Waals surface area contributed by atoms with Crippen LogP contribution >= 0.6 is 0 Å². The zero-order valence-corrected chi connectivity index (χ0v) is 8.00. The van der Waals surface area contributed by atoms with Gasteiger partial charge in [0.1, 0.15) is 11.6 Å². The van der Waals surface area contributed by atoms with Gasteiger partial charge in [-0.25, -0.2) is 4.39 Å². The number of allylic oxidation sites excluding steroid dienone is 1. The maximum Gasteiger partial charge on any atom is 0.137 e. The second kappa shape index (κ2) is 5.32. The van der Waals surface area contributed by atoms with E-state index in [2.05, 4.69) is 6.58 Å². The fraction of sp³-hybridized carbons (Fsp3) is 0.250. The van der Waals surface area contributed by atoms with Gasteiger partial charge in [0.15, 0.2) is 0 Å². The topological polar surface area (TPSA) is 17.1 Å². The summed E-state index contributed by atoms with van der Waals surface area (Å²) >= 11 is 0. The van der Waals surface area contributed by atoms with Gasteiger partial charge < -0.3 is 0 Å². The number of hydrogen-bond donors (Lipinski definition) is 0. The summed E-state index contributed by atoms with van der Waals surface area (Å²) in [5, 5.41) is 0. The first-order valence-electron chi connectivity index (χ1n) is 4.59. The molecule has 0 amide bonds. The van der Waals surface area contributed by atoms with E-state index >= 15 is 0 Å². The average Bonchev–Trinajstić information content (AvgIpc) is 2.15. The summed E-state index contributed by atoms with van der Waals surface area (Å²) in [5.41, 5.74) is 0.735. The van der Waals surface area contributed by atoms with Crippen LogP contribution in [0.4, 0.5) is 4.39 Å². The highest BCUT2D eigenvalue weighted by Crippen LogP contribution is 2.06. The summed E-state index contributed by atoms with van der Waals surface area (Å²) in [6.07, 6.45) is 3.20. The van der Waals surface area contributed by atoms with Crippen molar-refractivity contribution in [2.24, 2.45) is 0 Å². The van der Waals surface area contributed by atoms with E-state index in [1.165, 1.54) is 12.1 Å². The molecule has 0 saturated heterocycles. The third kappa shape index (κ3) is 3.52. The van der Waals surface area contributed by atoms with Crippen LogP contribution < -0.4 is 0 Å². The van der Waals surface area contributed by atoms with Gasteiger partial charge in [0.2, 0.25) is 0 Å². The predicted octanol–water partition coefficient (Wildman–Crippen LogP) is 2.90. The number of carbonyl (C=O) groups excluding carboxylic acids is 1. The highest BCUT2D eigenvalue weighted by molar-refractivity contribution is 5.80. The van der Waals surface area contributed by atoms with Crippen molar-refractivity contribution in [2.45, 2.75) is 19.3 Å². The van der Waals surface area contributed by atoms with Gasteiger partial charge in [-0.05, 0) is 24.1 Å². The molecule has 0 radical (unpaired) electrons. The van der Waals surface area contributed by atoms with Crippen molar-refractivity contribution in [3.05, 3.63) is 48.3 Å². The lowest BCUT2D eigenvalue weighted by molar-refractivity contribution is -0.118. The van der Waals surface area contributed by atoms with E-state index in [1.807, 2.05) is 0 Å². The van der Waals surface area contributed by atoms with Crippen LogP contribution in [0, 0.1) is 5.82 Å². The van der Waals surface area contributed by atoms with Crippen molar-refractivity contribution < 1.29 is 9.18 Å². The minimum absolute atomic E-state index is 0.121. The summed E-state index contributed by atoms with van der Waals surface area (Å²) < 4.78 is 12.7. The molecule has 14 heavy (non-hydrogen) atoms. The van der Waals surface area contributed by atoms with Crippen molar-refractivity contribution >= 4 is 5.78 Å². The first-order chi connectivity index (χ1) is 6.72. The number of rotatable bonds is 5. The second-order valence-corrected chi connectivity index (χ2v) is 3.17. The van der Waals surface area contributed by atoms with Crippen molar-refractivity contribution in [1.82, 2.24) is 0 Å². The first kappa shape index (κ1) is 10.6. The van der Waals surface area contributed by atoms with E-state index in [0.29, 0.717) is 19.3 Å². The summed E-state index contributed by atoms with van der Waals surface area (Å²) in [7, 11) is 0. The van der Waals surface area contributed by atoms with E-state index in [9.17, 15) is 9.18 Å². The molecule has 0 aliphatic heterocycles. The van der Waals surface area contributed by atoms with Gasteiger partial charge in [-0.2, -0.15) is 0 Å². The Morgan fingerprint density at radius 2 is 2.29 bits per heavy atom. The van der Waals surface area contributed by atoms with E-state index < -0.39 is 0 Å². The van der Waals surface area contributed by atoms with Gasteiger partial charge in [-0.15, -0.1) is 6.58 Å². The molecule has 0 fully saturated rings. The van der Waals surface area contributed by atoms with E-state index in [-0.39, 0.29) is 11.6 Å². The maximum atomic E-state index is 12.7. The Hall–Kier alpha value is -1.44. The lowest BCUT2D eigenvalue weighted by Crippen LogP contribution is -2.01. The number of benzene rings is 1. The molecular weight excluding hydrogens is 179 g/mol. The van der Waals surface area contributed by atoms with Crippen molar-refractivity contribution in [2.75, 3.05) is 0 Å². The third-order valence-electron chi connectivity index (χ3n) is 1.92. The van der Waals surface area contributed by atoms with Crippen molar-refractivity contribution in [3.63, 3.8) is 0 Å². The van der Waals surface area contributed by atoms with Crippen LogP contribution in [0.3, 0.4) is 0 Å². The van der Waals surface area contributed by atoms with Crippen LogP contribution in [0.25, 0.3) is 0 Å². The highest BCUT2D eigenvalue weighted by atomic mass is 19.1. The molecule has 0 unspecified atom stereocenters. The molecule has 0 atom stereocenters. The molecule has 0 aromatic heterocycles. The van der Waals surface area contributed by atoms with E-state index in [4.69, 9.17) is 0 Å². The monoisotopic (exact) mass is 192 g/mol. The van der Waals surface area contributed by atoms with Crippen molar-refractivity contribution in [1.29, 1.82) is 0 Å². The lowest BCUT2D eigenvalue weighted by Gasteiger charge is -1.99. The Morgan fingerprint density at radius 3 is 2.93 bits per heavy atom. The number of carbonyl (C=O) groups is 1. The van der Waals surface area contributed by atoms with E-state index in [1.54, 1.807) is 18.2 Å². The predicted molar refractivity (Wildman–Crippen MR) is 54.5 cm³/mol. The highest BCUT2D eigenvalue weighted by Gasteiger charge is 2.02. The zero-order chi connectivity index (χ0) is 10.4. The Kier molecular flexibility index (Phi) is 4.05. The summed E-state index contributed by atoms with van der Waals surface area (Å²) in [5.74, 6) is -0.172. The molecule has 74 valence electrons. The van der Waals surface area contributed by atoms with Crippen LogP contribution in [-0.4, -0.2) is 5.78 Å². The quantitative estimate of drug-likeness (QED) is 0.655. The largest absolute Gasteiger partial charge is 0.299 e. The Balaban J connectivity index is 2.51. The standard InChI is InChI=1S/C12H13FO/c1-2-3-7-12(14)9-10-5-4-6-11(13)8-10/h2,4-6,8H,1,3,7,9H2. The first-order valence-corrected chi connectivity index (χ1v) is 4.59. The number of Topliss-reactive ketones (excluding diaryl/α,β-unsaturated/α-hetero) is 1. The molecular formula is C12H13FO. The van der Waals surface area contributed by atoms with Crippen LogP contribution in [-0.2, 0) is 11.2 Å². The van der Waals surface area contributed by atoms with Crippen LogP contribution in [0.15, 0.2) is 36.9 Å². The maximum absolute atomic E-state index is 12.7. The Morgan fingerprint density at radius 1 is 1.50 bits per heavy atom. The Labute approximate surface area is 83.3 Å². The number of ketones is 1. The van der Waals surface area contributed by atoms with Gasteiger partial charge in [0.05, 0.1) is 0 Å². The molecule has 1 rings (SSSR count). The van der Waals surface area contributed by atoms with Gasteiger partial charge in [-0.3, -0.25) is 4.79 Å². The van der Waals surface area contributed by atoms with Crippen LogP contribution in [0.2, 0.25) is 0 Å². The van der Waals surface area contributed by atoms with Crippen LogP contribution in [0.1, 0.15) is 18.4 Å². The normalized spacial score (nSPS) is 9.79. The summed E-state index contributed by atoms with van der Waals surface area (Å²) in [6, 6.07) is 6.14. The average molecular weight is 192 g/mol. The van der Waals surface area contributed by atoms with Gasteiger partial charge in [-0.1, -0.05) is 18.2 Å². The molecule has 0 bridgehead atoms. The zero-order valence-electron chi connectivity index (χ0n) is 8.00. The molecule has 0 aliphatic rings. The number of hydrogen-bond acceptors (Lipinski definition) is 1. The van der Waals surface area contributed by atoms with Crippen LogP contribution in [0.5, 0.6) is 0 Å². The second-order valence-electron chi connectivity index (χ2n) is 3.17. The van der Waals surface area contributed by atoms with Gasteiger partial charge in [0, 0.05) is 12.8 Å². The molecule has 0 heterocycles. The molecule has 1 nitrogen and oxygen atoms in total. The Bertz CT molecular complexity index is 331. The molecule has 1 aromatic carbocycles. The summed E-state index contributed by atoms with van der Waals surface area (Å²) in [4.78, 5) is 11.3. The SMILES string of the molecule is C=CCCC(=O)Cc1cccc(F)c1. The van der Waals surface area contributed by atoms with E-state index in [0.717, 1.165) is 5.56 Å². The molecule has 2 heteroatoms. The minimum atomic E-state index is -0.293. The molecule has 0 N–H and O–H groups in total. The smallest absolute Gasteiger partial charge is 0.137 e. The number of halogens is 1. The van der Waals surface area contributed by atoms with Crippen molar-refractivity contribution in [3.8, 4) is 0 Å². The van der Waals surface area contributed by atoms with Gasteiger partial charge >= 0.3 is 0 Å². The lowest BCUT2D eigenvalue weighted by atomic mass is 10.1. The fourth-order valence-corrected chi connectivity index (χ4v) is 1.23. The molecule has 1 aromatic rings. The molecule has 0 saturated carbocycles. The molecule has 0 aliphatic carbocycles. The fourth-order valence-electron chi connectivity index (χ4n) is 1.23.